The van der Waals surface area contributed by atoms with Gasteiger partial charge in [-0.1, -0.05) is 6.07 Å². The van der Waals surface area contributed by atoms with E-state index in [0.29, 0.717) is 33.5 Å². The molecule has 3 heterocycles. The summed E-state index contributed by atoms with van der Waals surface area (Å²) in [5.41, 5.74) is 6.89. The van der Waals surface area contributed by atoms with Crippen LogP contribution in [-0.2, 0) is 0 Å². The van der Waals surface area contributed by atoms with Crippen molar-refractivity contribution in [3.8, 4) is 22.9 Å². The fourth-order valence-electron chi connectivity index (χ4n) is 3.41. The number of nitrogens with zero attached hydrogens (tertiary/aromatic N) is 2. The Morgan fingerprint density at radius 2 is 1.31 bits per heavy atom. The van der Waals surface area contributed by atoms with Crippen molar-refractivity contribution >= 4 is 39.7 Å². The Morgan fingerprint density at radius 3 is 1.91 bits per heavy atom. The summed E-state index contributed by atoms with van der Waals surface area (Å²) in [4.78, 5) is 9.61. The summed E-state index contributed by atoms with van der Waals surface area (Å²) in [6.07, 6.45) is 3.23. The van der Waals surface area contributed by atoms with Gasteiger partial charge in [-0.2, -0.15) is 0 Å². The summed E-state index contributed by atoms with van der Waals surface area (Å²) >= 11 is 5.50. The molecule has 2 aromatic carbocycles. The lowest BCUT2D eigenvalue weighted by Gasteiger charge is -2.13. The highest BCUT2D eigenvalue weighted by Gasteiger charge is 2.17. The van der Waals surface area contributed by atoms with Gasteiger partial charge in [0.25, 0.3) is 0 Å². The number of anilines is 2. The molecule has 32 heavy (non-hydrogen) atoms. The molecule has 0 aliphatic heterocycles. The van der Waals surface area contributed by atoms with Crippen molar-refractivity contribution in [3.63, 3.8) is 0 Å². The number of nitrogens with one attached hydrogen (secondary N) is 2. The third-order valence-corrected chi connectivity index (χ3v) is 5.40. The maximum atomic E-state index is 5.60. The molecule has 0 aliphatic rings. The first-order chi connectivity index (χ1) is 15.6. The van der Waals surface area contributed by atoms with Crippen LogP contribution in [0.2, 0.25) is 0 Å². The van der Waals surface area contributed by atoms with Crippen molar-refractivity contribution < 1.29 is 8.83 Å². The Labute approximate surface area is 190 Å². The minimum absolute atomic E-state index is 0.499. The third kappa shape index (κ3) is 3.98. The summed E-state index contributed by atoms with van der Waals surface area (Å²) in [5.74, 6) is 1.25. The predicted octanol–water partition coefficient (Wildman–Crippen LogP) is 6.58. The van der Waals surface area contributed by atoms with Gasteiger partial charge in [0.05, 0.1) is 23.6 Å². The number of benzene rings is 2. The SMILES string of the molecule is Cc1ccc(NC(=S)Nc2ccc3nc(-c4ccco4)c(-c4ccco4)nc3c2)cc1C. The van der Waals surface area contributed by atoms with Gasteiger partial charge in [-0.05, 0) is 91.8 Å². The monoisotopic (exact) mass is 440 g/mol. The molecule has 0 atom stereocenters. The molecule has 0 bridgehead atoms. The van der Waals surface area contributed by atoms with Gasteiger partial charge < -0.3 is 19.5 Å². The molecule has 0 amide bonds. The zero-order valence-electron chi connectivity index (χ0n) is 17.5. The van der Waals surface area contributed by atoms with Crippen LogP contribution in [0.4, 0.5) is 11.4 Å². The quantitative estimate of drug-likeness (QED) is 0.306. The van der Waals surface area contributed by atoms with Crippen LogP contribution in [0, 0.1) is 13.8 Å². The average Bonchev–Trinajstić information content (AvgIpc) is 3.50. The molecule has 0 unspecified atom stereocenters. The van der Waals surface area contributed by atoms with Gasteiger partial charge in [0, 0.05) is 11.4 Å². The summed E-state index contributed by atoms with van der Waals surface area (Å²) in [6.45, 7) is 4.16. The highest BCUT2D eigenvalue weighted by molar-refractivity contribution is 7.80. The lowest BCUT2D eigenvalue weighted by molar-refractivity contribution is 0.572. The number of furan rings is 2. The molecule has 0 aliphatic carbocycles. The standard InChI is InChI=1S/C25H20N4O2S/c1-15-7-8-17(13-16(15)2)26-25(32)27-18-9-10-19-20(14-18)29-24(22-6-4-12-31-22)23(28-19)21-5-3-11-30-21/h3-14H,1-2H3,(H2,26,27,32). The summed E-state index contributed by atoms with van der Waals surface area (Å²) in [6, 6.07) is 19.2. The number of aryl methyl sites for hydroxylation is 2. The maximum Gasteiger partial charge on any atom is 0.175 e. The molecule has 0 saturated carbocycles. The van der Waals surface area contributed by atoms with Crippen LogP contribution in [-0.4, -0.2) is 15.1 Å². The van der Waals surface area contributed by atoms with E-state index in [1.165, 1.54) is 11.1 Å². The molecule has 7 heteroatoms. The molecule has 3 aromatic heterocycles. The molecule has 0 spiro atoms. The van der Waals surface area contributed by atoms with Crippen molar-refractivity contribution in [2.45, 2.75) is 13.8 Å². The highest BCUT2D eigenvalue weighted by atomic mass is 32.1. The molecule has 0 radical (unpaired) electrons. The van der Waals surface area contributed by atoms with Gasteiger partial charge in [-0.15, -0.1) is 0 Å². The predicted molar refractivity (Wildman–Crippen MR) is 131 cm³/mol. The fraction of sp³-hybridized carbons (Fsp3) is 0.0800. The van der Waals surface area contributed by atoms with Gasteiger partial charge in [0.15, 0.2) is 16.6 Å². The first-order valence-corrected chi connectivity index (χ1v) is 10.5. The molecule has 2 N–H and O–H groups in total. The normalized spacial score (nSPS) is 10.9. The van der Waals surface area contributed by atoms with E-state index in [1.54, 1.807) is 12.5 Å². The third-order valence-electron chi connectivity index (χ3n) is 5.20. The van der Waals surface area contributed by atoms with E-state index in [2.05, 4.69) is 36.6 Å². The first kappa shape index (κ1) is 20.0. The molecular formula is C25H20N4O2S. The largest absolute Gasteiger partial charge is 0.463 e. The second-order valence-corrected chi connectivity index (χ2v) is 7.87. The topological polar surface area (TPSA) is 76.1 Å². The van der Waals surface area contributed by atoms with Crippen molar-refractivity contribution in [3.05, 3.63) is 84.3 Å². The number of hydrogen-bond acceptors (Lipinski definition) is 5. The molecule has 158 valence electrons. The van der Waals surface area contributed by atoms with E-state index in [1.807, 2.05) is 48.5 Å². The van der Waals surface area contributed by atoms with Crippen LogP contribution >= 0.6 is 12.2 Å². The summed E-state index contributed by atoms with van der Waals surface area (Å²) < 4.78 is 11.2. The number of fused-ring (bicyclic) bond motifs is 1. The van der Waals surface area contributed by atoms with Gasteiger partial charge in [0.1, 0.15) is 11.4 Å². The second-order valence-electron chi connectivity index (χ2n) is 7.46. The molecule has 0 fully saturated rings. The van der Waals surface area contributed by atoms with Crippen molar-refractivity contribution in [2.24, 2.45) is 0 Å². The lowest BCUT2D eigenvalue weighted by atomic mass is 10.1. The van der Waals surface area contributed by atoms with E-state index < -0.39 is 0 Å². The molecule has 5 rings (SSSR count). The van der Waals surface area contributed by atoms with Crippen molar-refractivity contribution in [1.29, 1.82) is 0 Å². The number of aromatic nitrogens is 2. The Kier molecular flexibility index (Phi) is 5.17. The van der Waals surface area contributed by atoms with Crippen molar-refractivity contribution in [1.82, 2.24) is 9.97 Å². The average molecular weight is 441 g/mol. The zero-order valence-corrected chi connectivity index (χ0v) is 18.4. The van der Waals surface area contributed by atoms with Crippen LogP contribution < -0.4 is 10.6 Å². The Morgan fingerprint density at radius 1 is 0.719 bits per heavy atom. The highest BCUT2D eigenvalue weighted by Crippen LogP contribution is 2.32. The smallest absolute Gasteiger partial charge is 0.175 e. The number of rotatable bonds is 4. The minimum Gasteiger partial charge on any atom is -0.463 e. The van der Waals surface area contributed by atoms with Gasteiger partial charge in [-0.3, -0.25) is 0 Å². The van der Waals surface area contributed by atoms with Crippen LogP contribution in [0.1, 0.15) is 11.1 Å². The zero-order chi connectivity index (χ0) is 22.1. The number of hydrogen-bond donors (Lipinski definition) is 2. The second kappa shape index (κ2) is 8.28. The van der Waals surface area contributed by atoms with E-state index >= 15 is 0 Å². The van der Waals surface area contributed by atoms with E-state index in [-0.39, 0.29) is 0 Å². The van der Waals surface area contributed by atoms with Gasteiger partial charge >= 0.3 is 0 Å². The molecule has 0 saturated heterocycles. The Bertz CT molecular complexity index is 1410. The summed E-state index contributed by atoms with van der Waals surface area (Å²) in [5, 5.41) is 6.95. The first-order valence-electron chi connectivity index (χ1n) is 10.1. The molecule has 5 aromatic rings. The number of thiocarbonyl (C=S) groups is 1. The van der Waals surface area contributed by atoms with Crippen LogP contribution in [0.15, 0.2) is 82.0 Å². The van der Waals surface area contributed by atoms with Crippen LogP contribution in [0.5, 0.6) is 0 Å². The molecule has 6 nitrogen and oxygen atoms in total. The van der Waals surface area contributed by atoms with E-state index in [0.717, 1.165) is 16.9 Å². The van der Waals surface area contributed by atoms with Gasteiger partial charge in [0.2, 0.25) is 0 Å². The van der Waals surface area contributed by atoms with E-state index in [4.69, 9.17) is 31.0 Å². The maximum absolute atomic E-state index is 5.60. The Balaban J connectivity index is 1.46. The van der Waals surface area contributed by atoms with Crippen LogP contribution in [0.3, 0.4) is 0 Å². The van der Waals surface area contributed by atoms with Crippen molar-refractivity contribution in [2.75, 3.05) is 10.6 Å². The molecular weight excluding hydrogens is 420 g/mol. The van der Waals surface area contributed by atoms with Crippen LogP contribution in [0.25, 0.3) is 33.9 Å². The lowest BCUT2D eigenvalue weighted by Crippen LogP contribution is -2.19. The fourth-order valence-corrected chi connectivity index (χ4v) is 3.65. The summed E-state index contributed by atoms with van der Waals surface area (Å²) in [7, 11) is 0. The Hall–Kier alpha value is -3.97. The minimum atomic E-state index is 0.499. The van der Waals surface area contributed by atoms with E-state index in [9.17, 15) is 0 Å². The van der Waals surface area contributed by atoms with Gasteiger partial charge in [-0.25, -0.2) is 9.97 Å².